The van der Waals surface area contributed by atoms with Crippen molar-refractivity contribution in [2.75, 3.05) is 19.0 Å². The zero-order chi connectivity index (χ0) is 20.5. The van der Waals surface area contributed by atoms with E-state index in [2.05, 4.69) is 0 Å². The Morgan fingerprint density at radius 3 is 2.61 bits per heavy atom. The molecule has 6 nitrogen and oxygen atoms in total. The molecule has 1 amide bonds. The predicted molar refractivity (Wildman–Crippen MR) is 109 cm³/mol. The number of amides is 1. The summed E-state index contributed by atoms with van der Waals surface area (Å²) in [6.07, 6.45) is 1.63. The number of rotatable bonds is 9. The molecule has 1 saturated heterocycles. The Morgan fingerprint density at radius 1 is 1.18 bits per heavy atom. The van der Waals surface area contributed by atoms with E-state index in [-0.39, 0.29) is 25.4 Å². The van der Waals surface area contributed by atoms with Crippen molar-refractivity contribution in [3.8, 4) is 0 Å². The van der Waals surface area contributed by atoms with Gasteiger partial charge in [-0.25, -0.2) is 4.79 Å². The maximum absolute atomic E-state index is 12.9. The zero-order valence-electron chi connectivity index (χ0n) is 16.2. The number of benzene rings is 1. The van der Waals surface area contributed by atoms with Gasteiger partial charge in [-0.15, -0.1) is 11.8 Å². The summed E-state index contributed by atoms with van der Waals surface area (Å²) in [5.74, 6) is -0.717. The smallest absolute Gasteiger partial charge is 0.329 e. The summed E-state index contributed by atoms with van der Waals surface area (Å²) in [7, 11) is 0. The lowest BCUT2D eigenvalue weighted by molar-refractivity contribution is -0.154. The van der Waals surface area contributed by atoms with Crippen molar-refractivity contribution in [2.24, 2.45) is 0 Å². The molecule has 0 aliphatic carbocycles. The average molecular weight is 428 g/mol. The van der Waals surface area contributed by atoms with Crippen LogP contribution in [0.1, 0.15) is 50.5 Å². The van der Waals surface area contributed by atoms with Gasteiger partial charge in [-0.3, -0.25) is 9.59 Å². The second-order valence-corrected chi connectivity index (χ2v) is 7.87. The van der Waals surface area contributed by atoms with Crippen LogP contribution < -0.4 is 0 Å². The van der Waals surface area contributed by atoms with E-state index < -0.39 is 23.4 Å². The van der Waals surface area contributed by atoms with E-state index >= 15 is 0 Å². The molecule has 154 valence electrons. The molecule has 0 saturated carbocycles. The molecule has 0 radical (unpaired) electrons. The molecule has 1 aliphatic rings. The molecular formula is C20H26ClNO5S. The van der Waals surface area contributed by atoms with Gasteiger partial charge in [-0.05, 0) is 19.4 Å². The van der Waals surface area contributed by atoms with Crippen molar-refractivity contribution in [1.82, 2.24) is 4.90 Å². The number of nitrogens with zero attached hydrogens (tertiary/aromatic N) is 1. The summed E-state index contributed by atoms with van der Waals surface area (Å²) >= 11 is 7.80. The van der Waals surface area contributed by atoms with Crippen molar-refractivity contribution in [1.29, 1.82) is 0 Å². The number of halogens is 1. The van der Waals surface area contributed by atoms with Crippen LogP contribution in [0, 0.1) is 0 Å². The monoisotopic (exact) mass is 427 g/mol. The number of carbonyl (C=O) groups is 3. The first-order valence-corrected chi connectivity index (χ1v) is 10.9. The standard InChI is InChI=1S/C20H26ClNO5S/c1-3-5-12-27-20(25)16-13-28-19(14-8-6-7-9-15(14)21)22(16)17(23)10-11-18(24)26-4-2/h6-9,16,19H,3-5,10-13H2,1-2H3. The molecule has 0 spiro atoms. The summed E-state index contributed by atoms with van der Waals surface area (Å²) in [4.78, 5) is 38.7. The highest BCUT2D eigenvalue weighted by atomic mass is 35.5. The van der Waals surface area contributed by atoms with Gasteiger partial charge < -0.3 is 14.4 Å². The van der Waals surface area contributed by atoms with Gasteiger partial charge in [0.25, 0.3) is 0 Å². The predicted octanol–water partition coefficient (Wildman–Crippen LogP) is 3.97. The van der Waals surface area contributed by atoms with Crippen molar-refractivity contribution in [3.05, 3.63) is 34.9 Å². The molecule has 0 N–H and O–H groups in total. The highest BCUT2D eigenvalue weighted by molar-refractivity contribution is 7.99. The van der Waals surface area contributed by atoms with E-state index in [9.17, 15) is 14.4 Å². The number of unbranched alkanes of at least 4 members (excludes halogenated alkanes) is 1. The lowest BCUT2D eigenvalue weighted by Crippen LogP contribution is -2.44. The van der Waals surface area contributed by atoms with Gasteiger partial charge in [0.2, 0.25) is 5.91 Å². The minimum absolute atomic E-state index is 0.0271. The van der Waals surface area contributed by atoms with Crippen LogP contribution in [0.15, 0.2) is 24.3 Å². The minimum Gasteiger partial charge on any atom is -0.466 e. The molecule has 2 unspecified atom stereocenters. The molecule has 0 bridgehead atoms. The number of esters is 2. The van der Waals surface area contributed by atoms with E-state index in [1.54, 1.807) is 13.0 Å². The van der Waals surface area contributed by atoms with Crippen LogP contribution in [0.4, 0.5) is 0 Å². The number of thioether (sulfide) groups is 1. The van der Waals surface area contributed by atoms with Gasteiger partial charge in [0, 0.05) is 22.8 Å². The number of carbonyl (C=O) groups excluding carboxylic acids is 3. The minimum atomic E-state index is -0.696. The number of hydrogen-bond donors (Lipinski definition) is 0. The second-order valence-electron chi connectivity index (χ2n) is 6.35. The van der Waals surface area contributed by atoms with Crippen molar-refractivity contribution >= 4 is 41.2 Å². The molecule has 2 rings (SSSR count). The van der Waals surface area contributed by atoms with Gasteiger partial charge >= 0.3 is 11.9 Å². The molecule has 1 heterocycles. The molecule has 1 fully saturated rings. The van der Waals surface area contributed by atoms with Crippen LogP contribution in [0.5, 0.6) is 0 Å². The first kappa shape index (κ1) is 22.6. The third-order valence-corrected chi connectivity index (χ3v) is 5.97. The van der Waals surface area contributed by atoms with Crippen LogP contribution in [0.25, 0.3) is 0 Å². The first-order valence-electron chi connectivity index (χ1n) is 9.49. The average Bonchev–Trinajstić information content (AvgIpc) is 3.12. The van der Waals surface area contributed by atoms with Gasteiger partial charge in [0.1, 0.15) is 11.4 Å². The number of hydrogen-bond acceptors (Lipinski definition) is 6. The first-order chi connectivity index (χ1) is 13.5. The Labute approximate surface area is 174 Å². The van der Waals surface area contributed by atoms with E-state index in [0.29, 0.717) is 17.4 Å². The van der Waals surface area contributed by atoms with Crippen LogP contribution >= 0.6 is 23.4 Å². The Balaban J connectivity index is 2.18. The van der Waals surface area contributed by atoms with E-state index in [1.165, 1.54) is 16.7 Å². The quantitative estimate of drug-likeness (QED) is 0.438. The lowest BCUT2D eigenvalue weighted by Gasteiger charge is -2.29. The molecule has 1 aromatic carbocycles. The fourth-order valence-corrected chi connectivity index (χ4v) is 4.67. The van der Waals surface area contributed by atoms with Crippen LogP contribution in [-0.4, -0.2) is 47.8 Å². The van der Waals surface area contributed by atoms with Gasteiger partial charge in [-0.2, -0.15) is 0 Å². The van der Waals surface area contributed by atoms with E-state index in [4.69, 9.17) is 21.1 Å². The molecule has 0 aromatic heterocycles. The van der Waals surface area contributed by atoms with Gasteiger partial charge in [0.05, 0.1) is 19.6 Å². The molecule has 28 heavy (non-hydrogen) atoms. The third-order valence-electron chi connectivity index (χ3n) is 4.32. The Morgan fingerprint density at radius 2 is 1.93 bits per heavy atom. The maximum atomic E-state index is 12.9. The summed E-state index contributed by atoms with van der Waals surface area (Å²) < 4.78 is 10.3. The topological polar surface area (TPSA) is 72.9 Å². The summed E-state index contributed by atoms with van der Waals surface area (Å²) in [6.45, 7) is 4.32. The van der Waals surface area contributed by atoms with Gasteiger partial charge in [-0.1, -0.05) is 43.1 Å². The highest BCUT2D eigenvalue weighted by Crippen LogP contribution is 2.44. The molecule has 8 heteroatoms. The van der Waals surface area contributed by atoms with Crippen LogP contribution in [0.2, 0.25) is 5.02 Å². The summed E-state index contributed by atoms with van der Waals surface area (Å²) in [5.41, 5.74) is 0.766. The van der Waals surface area contributed by atoms with Crippen molar-refractivity contribution in [3.63, 3.8) is 0 Å². The largest absolute Gasteiger partial charge is 0.466 e. The Kier molecular flexibility index (Phi) is 9.12. The SMILES string of the molecule is CCCCOC(=O)C1CSC(c2ccccc2Cl)N1C(=O)CCC(=O)OCC. The zero-order valence-corrected chi connectivity index (χ0v) is 17.8. The maximum Gasteiger partial charge on any atom is 0.329 e. The highest BCUT2D eigenvalue weighted by Gasteiger charge is 2.43. The van der Waals surface area contributed by atoms with Crippen LogP contribution in [0.3, 0.4) is 0 Å². The number of ether oxygens (including phenoxy) is 2. The molecule has 1 aromatic rings. The second kappa shape index (κ2) is 11.3. The molecule has 1 aliphatic heterocycles. The van der Waals surface area contributed by atoms with Gasteiger partial charge in [0.15, 0.2) is 0 Å². The Hall–Kier alpha value is -1.73. The summed E-state index contributed by atoms with van der Waals surface area (Å²) in [5, 5.41) is 0.135. The molecular weight excluding hydrogens is 402 g/mol. The van der Waals surface area contributed by atoms with E-state index in [1.807, 2.05) is 25.1 Å². The van der Waals surface area contributed by atoms with Crippen molar-refractivity contribution < 1.29 is 23.9 Å². The lowest BCUT2D eigenvalue weighted by atomic mass is 10.1. The third kappa shape index (κ3) is 5.88. The fourth-order valence-electron chi connectivity index (χ4n) is 2.89. The van der Waals surface area contributed by atoms with Crippen molar-refractivity contribution in [2.45, 2.75) is 50.9 Å². The summed E-state index contributed by atoms with van der Waals surface area (Å²) in [6, 6.07) is 6.56. The fraction of sp³-hybridized carbons (Fsp3) is 0.550. The van der Waals surface area contributed by atoms with E-state index in [0.717, 1.165) is 18.4 Å². The van der Waals surface area contributed by atoms with Crippen LogP contribution in [-0.2, 0) is 23.9 Å². The molecule has 2 atom stereocenters. The normalized spacial score (nSPS) is 18.8. The Bertz CT molecular complexity index is 699.